The lowest BCUT2D eigenvalue weighted by atomic mass is 9.81. The molecule has 2 aromatic carbocycles. The summed E-state index contributed by atoms with van der Waals surface area (Å²) in [5, 5.41) is 35.1. The number of nitrogens with zero attached hydrogens (tertiary/aromatic N) is 2. The zero-order chi connectivity index (χ0) is 69.0. The number of aliphatic imine (C=N–C) groups is 1. The van der Waals surface area contributed by atoms with Crippen molar-refractivity contribution in [3.63, 3.8) is 0 Å². The maximum atomic E-state index is 14.5. The summed E-state index contributed by atoms with van der Waals surface area (Å²) in [6, 6.07) is 4.04. The van der Waals surface area contributed by atoms with Crippen molar-refractivity contribution in [3.05, 3.63) is 71.3 Å². The number of nitrogens with one attached hydrogen (secondary N) is 10. The van der Waals surface area contributed by atoms with Gasteiger partial charge >= 0.3 is 5.97 Å². The van der Waals surface area contributed by atoms with Crippen LogP contribution in [0.4, 0.5) is 4.39 Å². The van der Waals surface area contributed by atoms with E-state index in [2.05, 4.69) is 58.2 Å². The van der Waals surface area contributed by atoms with Crippen LogP contribution in [0.1, 0.15) is 92.1 Å². The Hall–Kier alpha value is -8.18. The second-order valence-electron chi connectivity index (χ2n) is 23.0. The average Bonchev–Trinajstić information content (AvgIpc) is 1.72. The van der Waals surface area contributed by atoms with Crippen LogP contribution in [0.15, 0.2) is 59.6 Å². The molecule has 3 heterocycles. The van der Waals surface area contributed by atoms with Crippen molar-refractivity contribution in [2.45, 2.75) is 131 Å². The van der Waals surface area contributed by atoms with E-state index in [1.54, 1.807) is 30.3 Å². The SMILES string of the molecule is NC(=O)[C@@H]1CSCC(=O)N[C@@H](CCCCNC(=O)C2CCC(CN3C(=O)CC(SCCNC(=O)c4ccc(C[18F])cc4)C3=O)CC2)C(=O)N[C@H]2CSSC[C@H](NC(=O)[C@H](CC(=O)O)NC(=O)CNC(=O)[C@H](CCCN=C(N)N)NC2=O)C(=O)N[C@@H](Cc2ccccc2)C(=O)N1. The molecule has 8 atom stereocenters. The second-order valence-corrected chi connectivity index (χ2v) is 27.9. The van der Waals surface area contributed by atoms with Crippen LogP contribution in [0.5, 0.6) is 0 Å². The molecule has 0 radical (unpaired) electrons. The summed E-state index contributed by atoms with van der Waals surface area (Å²) in [5.41, 5.74) is 18.1. The molecule has 95 heavy (non-hydrogen) atoms. The summed E-state index contributed by atoms with van der Waals surface area (Å²) in [4.78, 5) is 195. The Morgan fingerprint density at radius 2 is 1.27 bits per heavy atom. The van der Waals surface area contributed by atoms with Gasteiger partial charge in [0.2, 0.25) is 70.9 Å². The van der Waals surface area contributed by atoms with Gasteiger partial charge in [-0.2, -0.15) is 0 Å². The van der Waals surface area contributed by atoms with Crippen LogP contribution < -0.4 is 70.4 Å². The van der Waals surface area contributed by atoms with Gasteiger partial charge < -0.3 is 75.5 Å². The number of rotatable bonds is 23. The number of imide groups is 1. The third-order valence-electron chi connectivity index (χ3n) is 15.8. The lowest BCUT2D eigenvalue weighted by Gasteiger charge is -2.30. The number of likely N-dealkylation sites (tertiary alicyclic amines) is 1. The molecule has 3 aliphatic heterocycles. The first kappa shape index (κ1) is 75.8. The molecule has 13 amide bonds. The van der Waals surface area contributed by atoms with Crippen LogP contribution in [-0.4, -0.2) is 208 Å². The molecule has 3 saturated heterocycles. The number of unbranched alkanes of at least 4 members (excludes halogenated alkanes) is 1. The maximum absolute atomic E-state index is 14.5. The molecule has 1 aliphatic carbocycles. The van der Waals surface area contributed by atoms with Gasteiger partial charge in [-0.1, -0.05) is 64.1 Å². The summed E-state index contributed by atoms with van der Waals surface area (Å²) in [6.45, 7) is -0.822. The molecule has 17 N–H and O–H groups in total. The predicted octanol–water partition coefficient (Wildman–Crippen LogP) is -2.25. The molecular formula is C60H82FN15O15S4. The largest absolute Gasteiger partial charge is 0.481 e. The highest BCUT2D eigenvalue weighted by atomic mass is 33.1. The van der Waals surface area contributed by atoms with Gasteiger partial charge in [0.05, 0.1) is 24.0 Å². The molecule has 2 bridgehead atoms. The number of hydrogen-bond donors (Lipinski definition) is 14. The van der Waals surface area contributed by atoms with Crippen molar-refractivity contribution in [1.29, 1.82) is 0 Å². The molecule has 4 fully saturated rings. The molecule has 518 valence electrons. The van der Waals surface area contributed by atoms with Crippen LogP contribution in [-0.2, 0) is 75.4 Å². The molecule has 1 saturated carbocycles. The number of alkyl halides is 1. The highest BCUT2D eigenvalue weighted by Gasteiger charge is 2.41. The van der Waals surface area contributed by atoms with Crippen molar-refractivity contribution in [1.82, 2.24) is 58.1 Å². The summed E-state index contributed by atoms with van der Waals surface area (Å²) in [7, 11) is 1.83. The molecule has 1 unspecified atom stereocenters. The standard InChI is InChI=1S/C60H82FN15O15S4/c61-26-34-11-15-36(16-12-34)52(84)66-21-22-93-45-25-48(79)76(59(45)91)28-35-13-17-37(18-14-35)51(83)65-19-5-4-9-39-54(86)74-43-30-94-95-31-44(58(90)72-40(23-33-7-2-1-3-8-33)55(87)73-42(50(62)82)29-92-32-47(78)69-39)75-56(88)41(24-49(80)81)70-46(77)27-68-53(85)38(71-57(43)89)10-6-20-67-60(63)64/h1-3,7-8,11-12,15-16,35,37-45H,4-6,9-10,13-14,17-32H2,(H2,62,82)(H,65,83)(H,66,84)(H,68,85)(H,69,78)(H,70,77)(H,71,89)(H,72,90)(H,73,87)(H,74,86)(H,75,88)(H,80,81)(H4,63,64,67)/t35?,37?,38-,39-,40-,41-,42-,43-,44-,45?/m0/s1/i61-1. The number of hydrogen-bond acceptors (Lipinski definition) is 19. The number of carboxylic acids is 1. The molecule has 0 aromatic heterocycles. The highest BCUT2D eigenvalue weighted by Crippen LogP contribution is 2.33. The van der Waals surface area contributed by atoms with Gasteiger partial charge in [0.1, 0.15) is 49.0 Å². The number of benzene rings is 2. The van der Waals surface area contributed by atoms with E-state index in [1.165, 1.54) is 40.9 Å². The first-order valence-electron chi connectivity index (χ1n) is 31.0. The minimum atomic E-state index is -1.81. The fourth-order valence-corrected chi connectivity index (χ4v) is 14.8. The Labute approximate surface area is 563 Å². The zero-order valence-electron chi connectivity index (χ0n) is 52.0. The minimum Gasteiger partial charge on any atom is -0.481 e. The van der Waals surface area contributed by atoms with Gasteiger partial charge in [0.25, 0.3) is 5.91 Å². The first-order chi connectivity index (χ1) is 45.5. The Balaban J connectivity index is 1.13. The van der Waals surface area contributed by atoms with Gasteiger partial charge in [-0.15, -0.1) is 23.5 Å². The summed E-state index contributed by atoms with van der Waals surface area (Å²) >= 11 is 2.16. The number of amides is 13. The van der Waals surface area contributed by atoms with Gasteiger partial charge in [0, 0.05) is 73.5 Å². The summed E-state index contributed by atoms with van der Waals surface area (Å²) < 4.78 is 12.9. The highest BCUT2D eigenvalue weighted by molar-refractivity contribution is 8.76. The summed E-state index contributed by atoms with van der Waals surface area (Å²) in [5.74, 6) is -12.6. The monoisotopic (exact) mass is 1400 g/mol. The number of halogens is 1. The van der Waals surface area contributed by atoms with E-state index in [1.807, 2.05) is 0 Å². The lowest BCUT2D eigenvalue weighted by Crippen LogP contribution is -2.59. The van der Waals surface area contributed by atoms with Crippen molar-refractivity contribution in [2.75, 3.05) is 61.5 Å². The van der Waals surface area contributed by atoms with Crippen molar-refractivity contribution in [3.8, 4) is 0 Å². The van der Waals surface area contributed by atoms with Gasteiger partial charge in [-0.3, -0.25) is 77.0 Å². The average molecular weight is 1400 g/mol. The molecule has 0 spiro atoms. The van der Waals surface area contributed by atoms with Gasteiger partial charge in [0.15, 0.2) is 5.96 Å². The number of carbonyl (C=O) groups is 14. The number of primary amides is 1. The van der Waals surface area contributed by atoms with Gasteiger partial charge in [-0.25, -0.2) is 4.39 Å². The quantitative estimate of drug-likeness (QED) is 0.0184. The molecule has 6 rings (SSSR count). The van der Waals surface area contributed by atoms with Crippen molar-refractivity contribution >= 4 is 134 Å². The van der Waals surface area contributed by atoms with Crippen LogP contribution >= 0.6 is 45.1 Å². The maximum Gasteiger partial charge on any atom is 0.305 e. The van der Waals surface area contributed by atoms with Gasteiger partial charge in [-0.05, 0) is 87.0 Å². The number of aliphatic carboxylic acids is 1. The van der Waals surface area contributed by atoms with Crippen LogP contribution in [0.25, 0.3) is 0 Å². The number of nitrogens with two attached hydrogens (primary N) is 3. The molecule has 35 heteroatoms. The second kappa shape index (κ2) is 39.0. The Morgan fingerprint density at radius 3 is 1.92 bits per heavy atom. The smallest absolute Gasteiger partial charge is 0.305 e. The summed E-state index contributed by atoms with van der Waals surface area (Å²) in [6.07, 6.45) is 1.58. The zero-order valence-corrected chi connectivity index (χ0v) is 55.3. The van der Waals surface area contributed by atoms with Crippen molar-refractivity contribution in [2.24, 2.45) is 34.0 Å². The number of thioether (sulfide) groups is 2. The Bertz CT molecular complexity index is 3110. The molecule has 30 nitrogen and oxygen atoms in total. The van der Waals surface area contributed by atoms with Crippen LogP contribution in [0, 0.1) is 11.8 Å². The normalized spacial score (nSPS) is 24.9. The lowest BCUT2D eigenvalue weighted by molar-refractivity contribution is -0.141. The third-order valence-corrected chi connectivity index (χ3v) is 20.4. The third kappa shape index (κ3) is 25.5. The predicted molar refractivity (Wildman–Crippen MR) is 354 cm³/mol. The molecule has 2 aromatic rings. The van der Waals surface area contributed by atoms with Crippen molar-refractivity contribution < 1.29 is 76.6 Å². The topological polar surface area (TPSA) is 473 Å². The number of guanidine groups is 1. The Kier molecular flexibility index (Phi) is 31.1. The van der Waals surface area contributed by atoms with E-state index < -0.39 is 126 Å². The van der Waals surface area contributed by atoms with Crippen LogP contribution in [0.3, 0.4) is 0 Å². The minimum absolute atomic E-state index is 0.00646. The molecule has 4 aliphatic rings. The number of carbonyl (C=O) groups excluding carboxylic acids is 13. The fourth-order valence-electron chi connectivity index (χ4n) is 10.6. The number of fused-ring (bicyclic) bond motifs is 5. The van der Waals surface area contributed by atoms with E-state index >= 15 is 0 Å². The van der Waals surface area contributed by atoms with Crippen LogP contribution in [0.2, 0.25) is 0 Å². The Morgan fingerprint density at radius 1 is 0.653 bits per heavy atom. The first-order valence-corrected chi connectivity index (χ1v) is 35.6. The molecular weight excluding hydrogens is 1320 g/mol. The van der Waals surface area contributed by atoms with E-state index in [9.17, 15) is 76.6 Å². The number of carboxylic acid groups (broad SMARTS) is 1. The van der Waals surface area contributed by atoms with E-state index in [-0.39, 0.29) is 129 Å². The van der Waals surface area contributed by atoms with E-state index in [0.29, 0.717) is 54.5 Å². The fraction of sp³-hybridized carbons (Fsp3) is 0.550. The van der Waals surface area contributed by atoms with E-state index in [0.717, 1.165) is 33.3 Å². The van der Waals surface area contributed by atoms with E-state index in [4.69, 9.17) is 17.2 Å².